The number of guanidine groups is 1. The minimum absolute atomic E-state index is 0. The van der Waals surface area contributed by atoms with E-state index in [0.29, 0.717) is 45.4 Å². The van der Waals surface area contributed by atoms with Gasteiger partial charge in [0.15, 0.2) is 15.8 Å². The first-order valence-electron chi connectivity index (χ1n) is 11.0. The zero-order valence-electron chi connectivity index (χ0n) is 19.2. The van der Waals surface area contributed by atoms with E-state index in [1.807, 2.05) is 18.2 Å². The third kappa shape index (κ3) is 6.17. The number of carboxylic acids is 1. The molecule has 0 saturated carbocycles. The molecule has 9 nitrogen and oxygen atoms in total. The van der Waals surface area contributed by atoms with Crippen LogP contribution < -0.4 is 10.6 Å². The second kappa shape index (κ2) is 11.5. The number of nitrogens with zero attached hydrogens (tertiary/aromatic N) is 3. The number of anilines is 1. The number of pyridine rings is 1. The average Bonchev–Trinajstić information content (AvgIpc) is 2.83. The van der Waals surface area contributed by atoms with Crippen molar-refractivity contribution < 1.29 is 18.3 Å². The first kappa shape index (κ1) is 28.7. The zero-order chi connectivity index (χ0) is 23.6. The van der Waals surface area contributed by atoms with Crippen LogP contribution in [0.15, 0.2) is 47.6 Å². The Kier molecular flexibility index (Phi) is 9.38. The lowest BCUT2D eigenvalue weighted by atomic mass is 9.76. The summed E-state index contributed by atoms with van der Waals surface area (Å²) in [6, 6.07) is 8.86. The van der Waals surface area contributed by atoms with E-state index < -0.39 is 21.2 Å². The molecule has 1 saturated heterocycles. The van der Waals surface area contributed by atoms with Crippen molar-refractivity contribution in [2.75, 3.05) is 30.3 Å². The van der Waals surface area contributed by atoms with Gasteiger partial charge in [-0.25, -0.2) is 8.42 Å². The van der Waals surface area contributed by atoms with Gasteiger partial charge in [-0.1, -0.05) is 6.07 Å². The summed E-state index contributed by atoms with van der Waals surface area (Å²) in [5.41, 5.74) is 7.43. The zero-order valence-corrected chi connectivity index (χ0v) is 21.7. The van der Waals surface area contributed by atoms with Crippen molar-refractivity contribution in [3.05, 3.63) is 53.9 Å². The average molecular weight is 545 g/mol. The van der Waals surface area contributed by atoms with Crippen LogP contribution >= 0.6 is 24.8 Å². The molecule has 1 fully saturated rings. The summed E-state index contributed by atoms with van der Waals surface area (Å²) >= 11 is 0. The Hall–Kier alpha value is -2.56. The molecule has 35 heavy (non-hydrogen) atoms. The van der Waals surface area contributed by atoms with E-state index in [-0.39, 0.29) is 47.8 Å². The van der Waals surface area contributed by atoms with Gasteiger partial charge in [-0.05, 0) is 61.1 Å². The lowest BCUT2D eigenvalue weighted by molar-refractivity contribution is -0.150. The number of benzene rings is 1. The number of carboxylic acid groups (broad SMARTS) is 1. The van der Waals surface area contributed by atoms with Crippen LogP contribution in [0.25, 0.3) is 0 Å². The Morgan fingerprint density at radius 3 is 2.34 bits per heavy atom. The number of fused-ring (bicyclic) bond motifs is 1. The first-order valence-corrected chi connectivity index (χ1v) is 12.7. The van der Waals surface area contributed by atoms with Gasteiger partial charge < -0.3 is 20.6 Å². The van der Waals surface area contributed by atoms with Crippen molar-refractivity contribution >= 4 is 52.3 Å². The molecule has 3 heterocycles. The van der Waals surface area contributed by atoms with Crippen molar-refractivity contribution in [2.45, 2.75) is 37.1 Å². The van der Waals surface area contributed by atoms with E-state index in [1.54, 1.807) is 29.4 Å². The summed E-state index contributed by atoms with van der Waals surface area (Å²) in [6.45, 7) is 2.14. The number of nitrogens with two attached hydrogens (primary N) is 1. The highest BCUT2D eigenvalue weighted by Gasteiger charge is 2.42. The van der Waals surface area contributed by atoms with E-state index in [2.05, 4.69) is 9.88 Å². The summed E-state index contributed by atoms with van der Waals surface area (Å²) in [5, 5.41) is 17.6. The van der Waals surface area contributed by atoms with Crippen LogP contribution in [-0.2, 0) is 27.6 Å². The number of hydrogen-bond acceptors (Lipinski definition) is 6. The molecule has 12 heteroatoms. The lowest BCUT2D eigenvalue weighted by Gasteiger charge is -2.40. The number of sulfone groups is 1. The Morgan fingerprint density at radius 2 is 1.74 bits per heavy atom. The fourth-order valence-electron chi connectivity index (χ4n) is 4.70. The predicted octanol–water partition coefficient (Wildman–Crippen LogP) is 2.71. The monoisotopic (exact) mass is 543 g/mol. The maximum atomic E-state index is 13.1. The molecule has 192 valence electrons. The largest absolute Gasteiger partial charge is 0.481 e. The van der Waals surface area contributed by atoms with Gasteiger partial charge in [-0.2, -0.15) is 0 Å². The molecule has 0 unspecified atom stereocenters. The maximum absolute atomic E-state index is 13.1. The van der Waals surface area contributed by atoms with Gasteiger partial charge in [0.1, 0.15) is 0 Å². The van der Waals surface area contributed by atoms with Crippen LogP contribution in [0.5, 0.6) is 0 Å². The summed E-state index contributed by atoms with van der Waals surface area (Å²) in [7, 11) is -3.66. The van der Waals surface area contributed by atoms with E-state index in [9.17, 15) is 18.3 Å². The Morgan fingerprint density at radius 1 is 1.09 bits per heavy atom. The first-order chi connectivity index (χ1) is 15.7. The lowest BCUT2D eigenvalue weighted by Crippen LogP contribution is -2.45. The van der Waals surface area contributed by atoms with Crippen LogP contribution in [0.1, 0.15) is 30.4 Å². The van der Waals surface area contributed by atoms with Gasteiger partial charge in [-0.3, -0.25) is 15.2 Å². The minimum Gasteiger partial charge on any atom is -0.481 e. The molecule has 4 rings (SSSR count). The molecule has 2 aliphatic rings. The van der Waals surface area contributed by atoms with E-state index in [4.69, 9.17) is 11.1 Å². The molecule has 2 aromatic rings. The normalized spacial score (nSPS) is 16.9. The number of carbonyl (C=O) groups is 1. The molecule has 1 aromatic carbocycles. The highest BCUT2D eigenvalue weighted by atomic mass is 35.5. The molecule has 0 aliphatic carbocycles. The number of aliphatic carboxylic acids is 1. The van der Waals surface area contributed by atoms with Gasteiger partial charge in [0.05, 0.1) is 16.1 Å². The number of aromatic nitrogens is 1. The molecule has 0 radical (unpaired) electrons. The molecule has 1 aromatic heterocycles. The van der Waals surface area contributed by atoms with Gasteiger partial charge in [0.25, 0.3) is 0 Å². The van der Waals surface area contributed by atoms with Gasteiger partial charge in [0.2, 0.25) is 0 Å². The summed E-state index contributed by atoms with van der Waals surface area (Å²) < 4.78 is 26.3. The molecule has 4 N–H and O–H groups in total. The summed E-state index contributed by atoms with van der Waals surface area (Å²) in [6.07, 6.45) is 4.96. The van der Waals surface area contributed by atoms with Crippen molar-refractivity contribution in [3.63, 3.8) is 0 Å². The quantitative estimate of drug-likeness (QED) is 0.373. The summed E-state index contributed by atoms with van der Waals surface area (Å²) in [5.74, 6) is -1.19. The minimum atomic E-state index is -3.66. The van der Waals surface area contributed by atoms with Gasteiger partial charge in [0, 0.05) is 44.3 Å². The Bertz CT molecular complexity index is 1160. The molecule has 0 spiro atoms. The van der Waals surface area contributed by atoms with Crippen LogP contribution in [0.4, 0.5) is 5.69 Å². The molecule has 0 amide bonds. The fraction of sp³-hybridized carbons (Fsp3) is 0.435. The molecule has 0 atom stereocenters. The SMILES string of the molecule is Cl.Cl.N=C(N)N1CCc2ccc(S(=O)(=O)CCC3(C(=O)O)CCN(c4ccncc4)CC3)cc2C1. The number of piperidine rings is 1. The number of rotatable bonds is 6. The Labute approximate surface area is 218 Å². The number of nitrogens with one attached hydrogen (secondary N) is 1. The van der Waals surface area contributed by atoms with Crippen LogP contribution in [0.3, 0.4) is 0 Å². The van der Waals surface area contributed by atoms with Crippen molar-refractivity contribution in [1.29, 1.82) is 5.41 Å². The van der Waals surface area contributed by atoms with Crippen LogP contribution in [-0.4, -0.2) is 60.7 Å². The van der Waals surface area contributed by atoms with E-state index in [1.165, 1.54) is 0 Å². The molecule has 0 bridgehead atoms. The Balaban J connectivity index is 0.00000216. The highest BCUT2D eigenvalue weighted by Crippen LogP contribution is 2.38. The van der Waals surface area contributed by atoms with E-state index in [0.717, 1.165) is 16.8 Å². The fourth-order valence-corrected chi connectivity index (χ4v) is 6.19. The van der Waals surface area contributed by atoms with Crippen molar-refractivity contribution in [2.24, 2.45) is 11.1 Å². The third-order valence-electron chi connectivity index (χ3n) is 6.94. The van der Waals surface area contributed by atoms with Crippen molar-refractivity contribution in [1.82, 2.24) is 9.88 Å². The topological polar surface area (TPSA) is 141 Å². The molecule has 2 aliphatic heterocycles. The maximum Gasteiger partial charge on any atom is 0.309 e. The van der Waals surface area contributed by atoms with Crippen molar-refractivity contribution in [3.8, 4) is 0 Å². The van der Waals surface area contributed by atoms with E-state index >= 15 is 0 Å². The molecular weight excluding hydrogens is 513 g/mol. The van der Waals surface area contributed by atoms with Gasteiger partial charge in [-0.15, -0.1) is 24.8 Å². The van der Waals surface area contributed by atoms with Crippen LogP contribution in [0.2, 0.25) is 0 Å². The summed E-state index contributed by atoms with van der Waals surface area (Å²) in [4.78, 5) is 20.2. The second-order valence-corrected chi connectivity index (χ2v) is 10.9. The highest BCUT2D eigenvalue weighted by molar-refractivity contribution is 7.91. The van der Waals surface area contributed by atoms with Crippen LogP contribution in [0, 0.1) is 10.8 Å². The van der Waals surface area contributed by atoms with Gasteiger partial charge >= 0.3 is 5.97 Å². The predicted molar refractivity (Wildman–Crippen MR) is 139 cm³/mol. The second-order valence-electron chi connectivity index (χ2n) is 8.83. The number of hydrogen-bond donors (Lipinski definition) is 3. The third-order valence-corrected chi connectivity index (χ3v) is 8.65. The standard InChI is InChI=1S/C23H29N5O4S.2ClH/c24-22(25)28-11-5-17-1-2-20(15-18(17)16-28)33(31,32)14-8-23(21(29)30)6-12-27(13-7-23)19-3-9-26-10-4-19;;/h1-4,9-10,15H,5-8,11-14,16H2,(H3,24,25)(H,29,30);2*1H. The smallest absolute Gasteiger partial charge is 0.309 e. The molecular formula is C23H31Cl2N5O4S. The number of halogens is 2.